The largest absolute Gasteiger partial charge is 0.379 e. The molecule has 1 aliphatic heterocycles. The lowest BCUT2D eigenvalue weighted by Crippen LogP contribution is -2.46. The van der Waals surface area contributed by atoms with Crippen molar-refractivity contribution in [2.24, 2.45) is 4.99 Å². The van der Waals surface area contributed by atoms with E-state index in [2.05, 4.69) is 20.5 Å². The molecule has 0 radical (unpaired) electrons. The van der Waals surface area contributed by atoms with E-state index in [-0.39, 0.29) is 11.9 Å². The summed E-state index contributed by atoms with van der Waals surface area (Å²) in [5.41, 5.74) is 1.04. The summed E-state index contributed by atoms with van der Waals surface area (Å²) in [7, 11) is -1.47. The van der Waals surface area contributed by atoms with Gasteiger partial charge >= 0.3 is 0 Å². The zero-order valence-electron chi connectivity index (χ0n) is 18.1. The number of aliphatic imine (C=N–C) groups is 1. The van der Waals surface area contributed by atoms with Crippen LogP contribution in [0.15, 0.2) is 29.3 Å². The second-order valence-electron chi connectivity index (χ2n) is 7.20. The van der Waals surface area contributed by atoms with Crippen LogP contribution in [0.1, 0.15) is 24.9 Å². The van der Waals surface area contributed by atoms with E-state index in [9.17, 15) is 12.8 Å². The highest BCUT2D eigenvalue weighted by Gasteiger charge is 2.23. The van der Waals surface area contributed by atoms with Crippen LogP contribution < -0.4 is 10.6 Å². The molecular formula is C20H34FN5O3S. The van der Waals surface area contributed by atoms with Gasteiger partial charge in [-0.1, -0.05) is 19.1 Å². The highest BCUT2D eigenvalue weighted by molar-refractivity contribution is 7.88. The molecular weight excluding hydrogens is 409 g/mol. The standard InChI is InChI=1S/C20H34FN5O3S/c1-4-26(30(3,27)28)11-5-10-23-20(22-2)24-16-19(25-12-14-29-15-13-25)17-6-8-18(21)9-7-17/h6-9,19H,4-5,10-16H2,1-3H3,(H2,22,23,24). The highest BCUT2D eigenvalue weighted by atomic mass is 32.2. The average Bonchev–Trinajstić information content (AvgIpc) is 2.73. The van der Waals surface area contributed by atoms with Gasteiger partial charge in [0.1, 0.15) is 5.82 Å². The predicted octanol–water partition coefficient (Wildman–Crippen LogP) is 1.04. The number of nitrogens with one attached hydrogen (secondary N) is 2. The van der Waals surface area contributed by atoms with E-state index in [0.717, 1.165) is 18.7 Å². The topological polar surface area (TPSA) is 86.3 Å². The van der Waals surface area contributed by atoms with Crippen molar-refractivity contribution >= 4 is 16.0 Å². The monoisotopic (exact) mass is 443 g/mol. The van der Waals surface area contributed by atoms with Crippen LogP contribution in [-0.2, 0) is 14.8 Å². The van der Waals surface area contributed by atoms with Crippen molar-refractivity contribution in [1.82, 2.24) is 19.8 Å². The van der Waals surface area contributed by atoms with Crippen LogP contribution in [0.4, 0.5) is 4.39 Å². The van der Waals surface area contributed by atoms with Gasteiger partial charge in [-0.05, 0) is 24.1 Å². The van der Waals surface area contributed by atoms with Crippen molar-refractivity contribution in [3.8, 4) is 0 Å². The first-order valence-corrected chi connectivity index (χ1v) is 12.2. The molecule has 1 aromatic rings. The molecule has 0 aromatic heterocycles. The molecule has 0 aliphatic carbocycles. The van der Waals surface area contributed by atoms with Crippen molar-refractivity contribution in [1.29, 1.82) is 0 Å². The zero-order valence-corrected chi connectivity index (χ0v) is 18.9. The summed E-state index contributed by atoms with van der Waals surface area (Å²) in [5.74, 6) is 0.401. The maximum Gasteiger partial charge on any atom is 0.211 e. The van der Waals surface area contributed by atoms with E-state index in [0.29, 0.717) is 51.8 Å². The molecule has 1 saturated heterocycles. The minimum atomic E-state index is -3.17. The fourth-order valence-electron chi connectivity index (χ4n) is 3.47. The number of benzene rings is 1. The van der Waals surface area contributed by atoms with Gasteiger partial charge in [0, 0.05) is 46.3 Å². The van der Waals surface area contributed by atoms with Gasteiger partial charge in [0.2, 0.25) is 10.0 Å². The number of nitrogens with zero attached hydrogens (tertiary/aromatic N) is 3. The molecule has 0 saturated carbocycles. The molecule has 1 atom stereocenters. The van der Waals surface area contributed by atoms with Crippen molar-refractivity contribution in [3.05, 3.63) is 35.6 Å². The van der Waals surface area contributed by atoms with E-state index < -0.39 is 10.0 Å². The minimum Gasteiger partial charge on any atom is -0.379 e. The summed E-state index contributed by atoms with van der Waals surface area (Å²) < 4.78 is 43.6. The Morgan fingerprint density at radius 1 is 1.27 bits per heavy atom. The lowest BCUT2D eigenvalue weighted by molar-refractivity contribution is 0.0170. The lowest BCUT2D eigenvalue weighted by atomic mass is 10.0. The Morgan fingerprint density at radius 2 is 1.93 bits per heavy atom. The number of hydrogen-bond donors (Lipinski definition) is 2. The number of sulfonamides is 1. The van der Waals surface area contributed by atoms with Gasteiger partial charge in [-0.15, -0.1) is 0 Å². The first kappa shape index (κ1) is 24.5. The van der Waals surface area contributed by atoms with Gasteiger partial charge in [0.25, 0.3) is 0 Å². The highest BCUT2D eigenvalue weighted by Crippen LogP contribution is 2.21. The molecule has 1 aliphatic rings. The van der Waals surface area contributed by atoms with Crippen LogP contribution in [0.25, 0.3) is 0 Å². The van der Waals surface area contributed by atoms with Gasteiger partial charge in [0.05, 0.1) is 25.5 Å². The van der Waals surface area contributed by atoms with Gasteiger partial charge in [-0.2, -0.15) is 0 Å². The minimum absolute atomic E-state index is 0.0638. The number of hydrogen-bond acceptors (Lipinski definition) is 5. The fraction of sp³-hybridized carbons (Fsp3) is 0.650. The van der Waals surface area contributed by atoms with Gasteiger partial charge in [-0.3, -0.25) is 9.89 Å². The molecule has 10 heteroatoms. The quantitative estimate of drug-likeness (QED) is 0.319. The molecule has 30 heavy (non-hydrogen) atoms. The zero-order chi connectivity index (χ0) is 22.0. The van der Waals surface area contributed by atoms with Crippen LogP contribution in [0.5, 0.6) is 0 Å². The Hall–Kier alpha value is -1.75. The smallest absolute Gasteiger partial charge is 0.211 e. The first-order chi connectivity index (χ1) is 14.3. The Bertz CT molecular complexity index is 767. The van der Waals surface area contributed by atoms with Crippen LogP contribution in [-0.4, -0.2) is 89.4 Å². The van der Waals surface area contributed by atoms with E-state index in [1.165, 1.54) is 22.7 Å². The third kappa shape index (κ3) is 7.82. The number of ether oxygens (including phenoxy) is 1. The molecule has 0 amide bonds. The van der Waals surface area contributed by atoms with Crippen LogP contribution in [0.3, 0.4) is 0 Å². The molecule has 0 spiro atoms. The molecule has 170 valence electrons. The number of halogens is 1. The van der Waals surface area contributed by atoms with Crippen LogP contribution >= 0.6 is 0 Å². The Labute approximate surface area is 179 Å². The molecule has 2 N–H and O–H groups in total. The lowest BCUT2D eigenvalue weighted by Gasteiger charge is -2.35. The average molecular weight is 444 g/mol. The van der Waals surface area contributed by atoms with Gasteiger partial charge in [0.15, 0.2) is 5.96 Å². The Kier molecular flexibility index (Phi) is 9.96. The number of rotatable bonds is 10. The predicted molar refractivity (Wildman–Crippen MR) is 118 cm³/mol. The van der Waals surface area contributed by atoms with E-state index in [4.69, 9.17) is 4.74 Å². The SMILES string of the molecule is CCN(CCCNC(=NC)NCC(c1ccc(F)cc1)N1CCOCC1)S(C)(=O)=O. The molecule has 1 fully saturated rings. The van der Waals surface area contributed by atoms with Crippen molar-refractivity contribution in [2.75, 3.05) is 65.8 Å². The molecule has 1 unspecified atom stereocenters. The summed E-state index contributed by atoms with van der Waals surface area (Å²) in [6.07, 6.45) is 1.90. The summed E-state index contributed by atoms with van der Waals surface area (Å²) in [6.45, 7) is 6.95. The van der Waals surface area contributed by atoms with E-state index in [1.807, 2.05) is 19.1 Å². The summed E-state index contributed by atoms with van der Waals surface area (Å²) >= 11 is 0. The third-order valence-electron chi connectivity index (χ3n) is 5.13. The molecule has 8 nitrogen and oxygen atoms in total. The maximum atomic E-state index is 13.4. The maximum absolute atomic E-state index is 13.4. The molecule has 1 heterocycles. The number of morpholine rings is 1. The summed E-state index contributed by atoms with van der Waals surface area (Å²) in [5, 5.41) is 6.58. The van der Waals surface area contributed by atoms with Gasteiger partial charge < -0.3 is 15.4 Å². The van der Waals surface area contributed by atoms with Crippen molar-refractivity contribution in [2.45, 2.75) is 19.4 Å². The first-order valence-electron chi connectivity index (χ1n) is 10.3. The normalized spacial score (nSPS) is 17.2. The van der Waals surface area contributed by atoms with Crippen LogP contribution in [0.2, 0.25) is 0 Å². The second kappa shape index (κ2) is 12.2. The van der Waals surface area contributed by atoms with Crippen LogP contribution in [0, 0.1) is 5.82 Å². The van der Waals surface area contributed by atoms with Gasteiger partial charge in [-0.25, -0.2) is 17.1 Å². The third-order valence-corrected chi connectivity index (χ3v) is 6.50. The second-order valence-corrected chi connectivity index (χ2v) is 9.19. The summed E-state index contributed by atoms with van der Waals surface area (Å²) in [6, 6.07) is 6.66. The van der Waals surface area contributed by atoms with E-state index in [1.54, 1.807) is 7.05 Å². The van der Waals surface area contributed by atoms with Crippen molar-refractivity contribution < 1.29 is 17.5 Å². The van der Waals surface area contributed by atoms with Crippen molar-refractivity contribution in [3.63, 3.8) is 0 Å². The Balaban J connectivity index is 1.90. The molecule has 1 aromatic carbocycles. The number of guanidine groups is 1. The van der Waals surface area contributed by atoms with E-state index >= 15 is 0 Å². The summed E-state index contributed by atoms with van der Waals surface area (Å²) in [4.78, 5) is 6.58. The fourth-order valence-corrected chi connectivity index (χ4v) is 4.40. The Morgan fingerprint density at radius 3 is 2.50 bits per heavy atom. The molecule has 0 bridgehead atoms. The molecule has 2 rings (SSSR count).